The maximum Gasteiger partial charge on any atom is 0.283 e. The number of aryl methyl sites for hydroxylation is 1. The Morgan fingerprint density at radius 1 is 1.00 bits per heavy atom. The summed E-state index contributed by atoms with van der Waals surface area (Å²) < 4.78 is 18.2. The van der Waals surface area contributed by atoms with Gasteiger partial charge in [-0.05, 0) is 43.3 Å². The molecule has 1 unspecified atom stereocenters. The molecule has 1 aliphatic heterocycles. The van der Waals surface area contributed by atoms with Crippen LogP contribution < -0.4 is 25.1 Å². The Morgan fingerprint density at radius 3 is 2.56 bits per heavy atom. The zero-order valence-electron chi connectivity index (χ0n) is 19.7. The van der Waals surface area contributed by atoms with Gasteiger partial charge in [-0.15, -0.1) is 0 Å². The minimum atomic E-state index is -0.909. The number of amides is 2. The van der Waals surface area contributed by atoms with Crippen LogP contribution in [0.5, 0.6) is 17.2 Å². The van der Waals surface area contributed by atoms with Crippen LogP contribution in [0.1, 0.15) is 15.9 Å². The third-order valence-electron chi connectivity index (χ3n) is 5.70. The Morgan fingerprint density at radius 2 is 1.78 bits per heavy atom. The average molecular weight is 485 g/mol. The minimum Gasteiger partial charge on any atom is -0.497 e. The van der Waals surface area contributed by atoms with Crippen molar-refractivity contribution in [2.24, 2.45) is 0 Å². The van der Waals surface area contributed by atoms with Crippen LogP contribution >= 0.6 is 0 Å². The molecule has 5 rings (SSSR count). The fourth-order valence-electron chi connectivity index (χ4n) is 3.77. The summed E-state index contributed by atoms with van der Waals surface area (Å²) in [5.74, 6) is 0.599. The predicted molar refractivity (Wildman–Crippen MR) is 132 cm³/mol. The Kier molecular flexibility index (Phi) is 6.27. The zero-order valence-corrected chi connectivity index (χ0v) is 19.7. The maximum atomic E-state index is 13.2. The lowest BCUT2D eigenvalue weighted by Crippen LogP contribution is -2.50. The minimum absolute atomic E-state index is 0.0269. The average Bonchev–Trinajstić information content (AvgIpc) is 3.37. The summed E-state index contributed by atoms with van der Waals surface area (Å²) in [6.07, 6.45) is 0.714. The Labute approximate surface area is 207 Å². The largest absolute Gasteiger partial charge is 0.497 e. The van der Waals surface area contributed by atoms with E-state index in [0.29, 0.717) is 28.5 Å². The van der Waals surface area contributed by atoms with Gasteiger partial charge < -0.3 is 14.2 Å². The lowest BCUT2D eigenvalue weighted by atomic mass is 10.1. The van der Waals surface area contributed by atoms with Gasteiger partial charge in [0, 0.05) is 11.8 Å². The van der Waals surface area contributed by atoms with Crippen LogP contribution in [-0.4, -0.2) is 41.4 Å². The van der Waals surface area contributed by atoms with Crippen LogP contribution in [0.15, 0.2) is 79.0 Å². The van der Waals surface area contributed by atoms with Gasteiger partial charge in [0.15, 0.2) is 11.5 Å². The molecule has 2 amide bonds. The Hall–Kier alpha value is -4.79. The number of nitrogens with zero attached hydrogens (tertiary/aromatic N) is 2. The first-order valence-corrected chi connectivity index (χ1v) is 11.3. The van der Waals surface area contributed by atoms with Gasteiger partial charge in [-0.1, -0.05) is 42.0 Å². The number of fused-ring (bicyclic) bond motifs is 1. The van der Waals surface area contributed by atoms with Gasteiger partial charge in [0.05, 0.1) is 18.4 Å². The van der Waals surface area contributed by atoms with Gasteiger partial charge in [0.25, 0.3) is 11.8 Å². The predicted octanol–water partition coefficient (Wildman–Crippen LogP) is 3.46. The Balaban J connectivity index is 1.37. The van der Waals surface area contributed by atoms with E-state index < -0.39 is 17.9 Å². The number of hydrogen-bond donors (Lipinski definition) is 2. The molecular formula is C27H24N4O5. The smallest absolute Gasteiger partial charge is 0.283 e. The molecule has 0 radical (unpaired) electrons. The van der Waals surface area contributed by atoms with E-state index in [-0.39, 0.29) is 12.2 Å². The van der Waals surface area contributed by atoms with Crippen LogP contribution in [0.4, 0.5) is 0 Å². The molecule has 2 N–H and O–H groups in total. The first-order valence-electron chi connectivity index (χ1n) is 11.3. The number of carbonyl (C=O) groups excluding carboxylic acids is 2. The molecule has 0 fully saturated rings. The summed E-state index contributed by atoms with van der Waals surface area (Å²) in [6.45, 7) is 2.02. The number of benzene rings is 3. The van der Waals surface area contributed by atoms with Crippen molar-refractivity contribution in [3.05, 3.63) is 90.1 Å². The molecular weight excluding hydrogens is 460 g/mol. The topological polar surface area (TPSA) is 104 Å². The van der Waals surface area contributed by atoms with Crippen LogP contribution in [-0.2, 0) is 4.79 Å². The second-order valence-electron chi connectivity index (χ2n) is 8.21. The molecule has 182 valence electrons. The fourth-order valence-corrected chi connectivity index (χ4v) is 3.77. The van der Waals surface area contributed by atoms with Gasteiger partial charge in [0.1, 0.15) is 18.1 Å². The van der Waals surface area contributed by atoms with Crippen LogP contribution in [0, 0.1) is 6.92 Å². The first kappa shape index (κ1) is 23.0. The number of methoxy groups -OCH3 is 1. The van der Waals surface area contributed by atoms with E-state index in [1.807, 2.05) is 55.5 Å². The molecule has 0 bridgehead atoms. The zero-order chi connectivity index (χ0) is 25.1. The number of nitrogens with one attached hydrogen (secondary N) is 2. The molecule has 3 aromatic carbocycles. The SMILES string of the molecule is COc1cccc(-c2nn(-c3ccc(C)cc3)cc2C(=O)NNC(=O)C2COc3ccccc3O2)c1. The van der Waals surface area contributed by atoms with Gasteiger partial charge in [0.2, 0.25) is 6.10 Å². The van der Waals surface area contributed by atoms with Gasteiger partial charge >= 0.3 is 0 Å². The first-order chi connectivity index (χ1) is 17.5. The van der Waals surface area contributed by atoms with E-state index >= 15 is 0 Å². The molecule has 0 spiro atoms. The number of carbonyl (C=O) groups is 2. The number of para-hydroxylation sites is 2. The highest BCUT2D eigenvalue weighted by molar-refractivity contribution is 6.01. The number of hydrazine groups is 1. The highest BCUT2D eigenvalue weighted by Gasteiger charge is 2.28. The van der Waals surface area contributed by atoms with E-state index in [9.17, 15) is 9.59 Å². The third kappa shape index (κ3) is 4.72. The Bertz CT molecular complexity index is 1410. The third-order valence-corrected chi connectivity index (χ3v) is 5.70. The molecule has 0 saturated heterocycles. The van der Waals surface area contributed by atoms with Crippen molar-refractivity contribution in [3.63, 3.8) is 0 Å². The number of hydrogen-bond acceptors (Lipinski definition) is 6. The number of ether oxygens (including phenoxy) is 3. The molecule has 1 aliphatic rings. The van der Waals surface area contributed by atoms with Crippen LogP contribution in [0.3, 0.4) is 0 Å². The molecule has 0 aliphatic carbocycles. The molecule has 36 heavy (non-hydrogen) atoms. The molecule has 9 nitrogen and oxygen atoms in total. The molecule has 9 heteroatoms. The van der Waals surface area contributed by atoms with Crippen molar-refractivity contribution >= 4 is 11.8 Å². The summed E-state index contributed by atoms with van der Waals surface area (Å²) in [7, 11) is 1.57. The van der Waals surface area contributed by atoms with Crippen molar-refractivity contribution in [1.29, 1.82) is 0 Å². The van der Waals surface area contributed by atoms with E-state index in [2.05, 4.69) is 16.0 Å². The lowest BCUT2D eigenvalue weighted by molar-refractivity contribution is -0.131. The fraction of sp³-hybridized carbons (Fsp3) is 0.148. The van der Waals surface area contributed by atoms with Gasteiger partial charge in [-0.25, -0.2) is 4.68 Å². The molecule has 1 atom stereocenters. The second-order valence-corrected chi connectivity index (χ2v) is 8.21. The summed E-state index contributed by atoms with van der Waals surface area (Å²) in [6, 6.07) is 22.1. The van der Waals surface area contributed by atoms with Crippen LogP contribution in [0.2, 0.25) is 0 Å². The summed E-state index contributed by atoms with van der Waals surface area (Å²) in [4.78, 5) is 25.9. The quantitative estimate of drug-likeness (QED) is 0.421. The molecule has 0 saturated carbocycles. The van der Waals surface area contributed by atoms with Crippen molar-refractivity contribution in [2.45, 2.75) is 13.0 Å². The normalized spacial score (nSPS) is 14.1. The number of aromatic nitrogens is 2. The highest BCUT2D eigenvalue weighted by Crippen LogP contribution is 2.31. The monoisotopic (exact) mass is 484 g/mol. The highest BCUT2D eigenvalue weighted by atomic mass is 16.6. The summed E-state index contributed by atoms with van der Waals surface area (Å²) in [5.41, 5.74) is 8.21. The van der Waals surface area contributed by atoms with Gasteiger partial charge in [-0.3, -0.25) is 20.4 Å². The maximum absolute atomic E-state index is 13.2. The standard InChI is InChI=1S/C27H24N4O5/c1-17-10-12-19(13-11-17)31-15-21(25(30-31)18-6-5-7-20(14-18)34-2)26(32)28-29-27(33)24-16-35-22-8-3-4-9-23(22)36-24/h3-15,24H,16H2,1-2H3,(H,28,32)(H,29,33). The molecule has 1 aromatic heterocycles. The van der Waals surface area contributed by atoms with Crippen LogP contribution in [0.25, 0.3) is 16.9 Å². The number of rotatable bonds is 5. The van der Waals surface area contributed by atoms with Crippen molar-refractivity contribution in [3.8, 4) is 34.2 Å². The second kappa shape index (κ2) is 9.83. The summed E-state index contributed by atoms with van der Waals surface area (Å²) >= 11 is 0. The van der Waals surface area contributed by atoms with E-state index in [0.717, 1.165) is 11.3 Å². The van der Waals surface area contributed by atoms with Crippen molar-refractivity contribution < 1.29 is 23.8 Å². The lowest BCUT2D eigenvalue weighted by Gasteiger charge is -2.25. The van der Waals surface area contributed by atoms with Gasteiger partial charge in [-0.2, -0.15) is 5.10 Å². The molecule has 4 aromatic rings. The molecule has 2 heterocycles. The van der Waals surface area contributed by atoms with E-state index in [4.69, 9.17) is 14.2 Å². The van der Waals surface area contributed by atoms with E-state index in [1.54, 1.807) is 42.3 Å². The van der Waals surface area contributed by atoms with E-state index in [1.165, 1.54) is 0 Å². The summed E-state index contributed by atoms with van der Waals surface area (Å²) in [5, 5.41) is 4.66. The van der Waals surface area contributed by atoms with Crippen molar-refractivity contribution in [2.75, 3.05) is 13.7 Å². The van der Waals surface area contributed by atoms with Crippen molar-refractivity contribution in [1.82, 2.24) is 20.6 Å².